The highest BCUT2D eigenvalue weighted by Gasteiger charge is 2.33. The van der Waals surface area contributed by atoms with E-state index in [1.165, 1.54) is 0 Å². The van der Waals surface area contributed by atoms with Crippen LogP contribution in [0.5, 0.6) is 11.5 Å². The minimum Gasteiger partial charge on any atom is -0.490 e. The quantitative estimate of drug-likeness (QED) is 0.528. The second-order valence-corrected chi connectivity index (χ2v) is 8.32. The van der Waals surface area contributed by atoms with Gasteiger partial charge in [-0.15, -0.1) is 0 Å². The van der Waals surface area contributed by atoms with E-state index in [2.05, 4.69) is 9.97 Å². The van der Waals surface area contributed by atoms with E-state index in [9.17, 15) is 4.79 Å². The topological polar surface area (TPSA) is 77.4 Å². The van der Waals surface area contributed by atoms with Crippen molar-refractivity contribution in [3.8, 4) is 22.6 Å². The third-order valence-corrected chi connectivity index (χ3v) is 5.89. The number of carbonyl (C=O) groups excluding carboxylic acids is 1. The zero-order valence-electron chi connectivity index (χ0n) is 19.7. The van der Waals surface area contributed by atoms with E-state index in [0.29, 0.717) is 30.5 Å². The Balaban J connectivity index is 1.57. The number of carbonyl (C=O) groups is 1. The molecule has 0 unspecified atom stereocenters. The fraction of sp³-hybridized carbons (Fsp3) is 0.385. The van der Waals surface area contributed by atoms with Crippen LogP contribution in [-0.2, 0) is 4.79 Å². The molecule has 7 heteroatoms. The third kappa shape index (κ3) is 4.97. The number of aryl methyl sites for hydroxylation is 3. The Bertz CT molecular complexity index is 1150. The summed E-state index contributed by atoms with van der Waals surface area (Å²) in [7, 11) is 0. The molecule has 3 aromatic rings. The predicted molar refractivity (Wildman–Crippen MR) is 126 cm³/mol. The normalized spacial score (nSPS) is 15.5. The molecular weight excluding hydrogens is 416 g/mol. The average Bonchev–Trinajstić information content (AvgIpc) is 3.29. The zero-order chi connectivity index (χ0) is 23.4. The van der Waals surface area contributed by atoms with Gasteiger partial charge < -0.3 is 14.4 Å². The van der Waals surface area contributed by atoms with Crippen LogP contribution in [0, 0.1) is 20.8 Å². The Kier molecular flexibility index (Phi) is 6.87. The standard InChI is InChI=1S/C26H30N4O3/c1-5-32-24-13-17(2)8-9-23(24)33-16-25(31)30-12-6-7-22(30)26-21(15-28-19(4)29-26)20-10-11-27-14-18(20)3/h8-11,13-15,22H,5-7,12,16H2,1-4H3/t22-/m0/s1. The lowest BCUT2D eigenvalue weighted by Crippen LogP contribution is -2.35. The van der Waals surface area contributed by atoms with E-state index in [0.717, 1.165) is 40.8 Å². The summed E-state index contributed by atoms with van der Waals surface area (Å²) in [4.78, 5) is 28.6. The van der Waals surface area contributed by atoms with Gasteiger partial charge in [-0.25, -0.2) is 9.97 Å². The Hall–Kier alpha value is -3.48. The number of aromatic nitrogens is 3. The minimum atomic E-state index is -0.116. The first-order valence-electron chi connectivity index (χ1n) is 11.4. The highest BCUT2D eigenvalue weighted by molar-refractivity contribution is 5.79. The van der Waals surface area contributed by atoms with Crippen molar-refractivity contribution in [1.29, 1.82) is 0 Å². The molecular formula is C26H30N4O3. The fourth-order valence-corrected chi connectivity index (χ4v) is 4.30. The van der Waals surface area contributed by atoms with Gasteiger partial charge in [0.15, 0.2) is 18.1 Å². The van der Waals surface area contributed by atoms with E-state index in [4.69, 9.17) is 14.5 Å². The summed E-state index contributed by atoms with van der Waals surface area (Å²) in [5.41, 5.74) is 5.00. The van der Waals surface area contributed by atoms with Gasteiger partial charge in [-0.2, -0.15) is 0 Å². The maximum atomic E-state index is 13.2. The van der Waals surface area contributed by atoms with Crippen LogP contribution < -0.4 is 9.47 Å². The number of hydrogen-bond donors (Lipinski definition) is 0. The van der Waals surface area contributed by atoms with Crippen molar-refractivity contribution in [2.75, 3.05) is 19.8 Å². The summed E-state index contributed by atoms with van der Waals surface area (Å²) in [6.07, 6.45) is 7.24. The molecule has 33 heavy (non-hydrogen) atoms. The number of rotatable bonds is 7. The van der Waals surface area contributed by atoms with E-state index >= 15 is 0 Å². The second kappa shape index (κ2) is 9.98. The lowest BCUT2D eigenvalue weighted by Gasteiger charge is -2.26. The highest BCUT2D eigenvalue weighted by atomic mass is 16.5. The Labute approximate surface area is 194 Å². The summed E-state index contributed by atoms with van der Waals surface area (Å²) in [5, 5.41) is 0. The number of likely N-dealkylation sites (tertiary alicyclic amines) is 1. The summed E-state index contributed by atoms with van der Waals surface area (Å²) in [5.74, 6) is 1.87. The molecule has 0 saturated carbocycles. The van der Waals surface area contributed by atoms with Crippen LogP contribution in [0.15, 0.2) is 42.9 Å². The first kappa shape index (κ1) is 22.7. The lowest BCUT2D eigenvalue weighted by molar-refractivity contribution is -0.134. The van der Waals surface area contributed by atoms with Crippen molar-refractivity contribution in [3.05, 3.63) is 65.5 Å². The summed E-state index contributed by atoms with van der Waals surface area (Å²) >= 11 is 0. The molecule has 3 heterocycles. The number of benzene rings is 1. The summed E-state index contributed by atoms with van der Waals surface area (Å²) < 4.78 is 11.6. The van der Waals surface area contributed by atoms with Gasteiger partial charge in [-0.05, 0) is 75.4 Å². The molecule has 0 N–H and O–H groups in total. The molecule has 4 rings (SSSR count). The van der Waals surface area contributed by atoms with Gasteiger partial charge in [-0.3, -0.25) is 9.78 Å². The second-order valence-electron chi connectivity index (χ2n) is 8.32. The Morgan fingerprint density at radius 3 is 2.73 bits per heavy atom. The van der Waals surface area contributed by atoms with Crippen molar-refractivity contribution in [3.63, 3.8) is 0 Å². The summed E-state index contributed by atoms with van der Waals surface area (Å²) in [6, 6.07) is 7.59. The maximum absolute atomic E-state index is 13.2. The SMILES string of the molecule is CCOc1cc(C)ccc1OCC(=O)N1CCC[C@H]1c1nc(C)ncc1-c1ccncc1C. The first-order chi connectivity index (χ1) is 16.0. The summed E-state index contributed by atoms with van der Waals surface area (Å²) in [6.45, 7) is 8.99. The van der Waals surface area contributed by atoms with Crippen LogP contribution in [0.4, 0.5) is 0 Å². The molecule has 0 aliphatic carbocycles. The lowest BCUT2D eigenvalue weighted by atomic mass is 9.97. The molecule has 0 radical (unpaired) electrons. The number of pyridine rings is 1. The number of amides is 1. The minimum absolute atomic E-state index is 0.0483. The van der Waals surface area contributed by atoms with Crippen LogP contribution in [0.2, 0.25) is 0 Å². The van der Waals surface area contributed by atoms with Crippen LogP contribution >= 0.6 is 0 Å². The van der Waals surface area contributed by atoms with Crippen molar-refractivity contribution in [1.82, 2.24) is 19.9 Å². The number of nitrogens with zero attached hydrogens (tertiary/aromatic N) is 4. The average molecular weight is 447 g/mol. The molecule has 1 atom stereocenters. The number of hydrogen-bond acceptors (Lipinski definition) is 6. The van der Waals surface area contributed by atoms with Gasteiger partial charge in [0, 0.05) is 30.7 Å². The smallest absolute Gasteiger partial charge is 0.261 e. The third-order valence-electron chi connectivity index (χ3n) is 5.89. The van der Waals surface area contributed by atoms with Crippen molar-refractivity contribution in [2.24, 2.45) is 0 Å². The van der Waals surface area contributed by atoms with Crippen LogP contribution in [0.1, 0.15) is 48.5 Å². The molecule has 1 aromatic carbocycles. The molecule has 172 valence electrons. The fourth-order valence-electron chi connectivity index (χ4n) is 4.30. The molecule has 0 spiro atoms. The van der Waals surface area contributed by atoms with Crippen molar-refractivity contribution >= 4 is 5.91 Å². The molecule has 1 fully saturated rings. The van der Waals surface area contributed by atoms with E-state index in [1.54, 1.807) is 6.20 Å². The van der Waals surface area contributed by atoms with Gasteiger partial charge in [-0.1, -0.05) is 6.07 Å². The van der Waals surface area contributed by atoms with Gasteiger partial charge in [0.2, 0.25) is 0 Å². The molecule has 0 bridgehead atoms. The molecule has 1 amide bonds. The molecule has 7 nitrogen and oxygen atoms in total. The van der Waals surface area contributed by atoms with E-state index in [1.807, 2.05) is 69.3 Å². The van der Waals surface area contributed by atoms with Gasteiger partial charge in [0.1, 0.15) is 5.82 Å². The first-order valence-corrected chi connectivity index (χ1v) is 11.4. The van der Waals surface area contributed by atoms with Crippen molar-refractivity contribution in [2.45, 2.75) is 46.6 Å². The molecule has 2 aromatic heterocycles. The Morgan fingerprint density at radius 2 is 1.94 bits per heavy atom. The zero-order valence-corrected chi connectivity index (χ0v) is 19.7. The highest BCUT2D eigenvalue weighted by Crippen LogP contribution is 2.37. The Morgan fingerprint density at radius 1 is 1.09 bits per heavy atom. The molecule has 1 aliphatic heterocycles. The number of ether oxygens (including phenoxy) is 2. The largest absolute Gasteiger partial charge is 0.490 e. The van der Waals surface area contributed by atoms with Crippen LogP contribution in [0.25, 0.3) is 11.1 Å². The molecule has 1 saturated heterocycles. The van der Waals surface area contributed by atoms with Gasteiger partial charge in [0.05, 0.1) is 18.3 Å². The van der Waals surface area contributed by atoms with Crippen LogP contribution in [0.3, 0.4) is 0 Å². The van der Waals surface area contributed by atoms with Crippen LogP contribution in [-0.4, -0.2) is 45.5 Å². The van der Waals surface area contributed by atoms with Gasteiger partial charge >= 0.3 is 0 Å². The predicted octanol–water partition coefficient (Wildman–Crippen LogP) is 4.61. The molecule has 1 aliphatic rings. The van der Waals surface area contributed by atoms with E-state index < -0.39 is 0 Å². The maximum Gasteiger partial charge on any atom is 0.261 e. The van der Waals surface area contributed by atoms with Gasteiger partial charge in [0.25, 0.3) is 5.91 Å². The van der Waals surface area contributed by atoms with Crippen molar-refractivity contribution < 1.29 is 14.3 Å². The van der Waals surface area contributed by atoms with E-state index in [-0.39, 0.29) is 18.6 Å². The monoisotopic (exact) mass is 446 g/mol.